The molecule has 2 aromatic carbocycles. The highest BCUT2D eigenvalue weighted by Crippen LogP contribution is 2.33. The van der Waals surface area contributed by atoms with Crippen molar-refractivity contribution < 1.29 is 143 Å². The number of anilines is 2. The van der Waals surface area contributed by atoms with Crippen LogP contribution >= 0.6 is 0 Å². The first-order valence-corrected chi connectivity index (χ1v) is 24.2. The van der Waals surface area contributed by atoms with E-state index >= 15 is 0 Å². The molecule has 6 rings (SSSR count). The maximum absolute atomic E-state index is 13.8. The number of esters is 4. The molecule has 0 aromatic heterocycles. The molecule has 4 aliphatic rings. The zero-order valence-electron chi connectivity index (χ0n) is 41.5. The number of benzene rings is 2. The van der Waals surface area contributed by atoms with Crippen molar-refractivity contribution in [2.75, 3.05) is 78.8 Å². The molecule has 20 N–H and O–H groups in total. The van der Waals surface area contributed by atoms with E-state index in [1.54, 1.807) is 19.4 Å². The predicted octanol–water partition coefficient (Wildman–Crippen LogP) is -9.26. The Balaban J connectivity index is 1.11. The van der Waals surface area contributed by atoms with Gasteiger partial charge in [0, 0.05) is 17.3 Å². The second kappa shape index (κ2) is 27.6. The predicted molar refractivity (Wildman–Crippen MR) is 247 cm³/mol. The summed E-state index contributed by atoms with van der Waals surface area (Å²) in [5.74, 6) is -9.43. The van der Waals surface area contributed by atoms with Gasteiger partial charge in [-0.15, -0.1) is 0 Å². The summed E-state index contributed by atoms with van der Waals surface area (Å²) in [6.45, 7) is -5.62. The van der Waals surface area contributed by atoms with E-state index in [-0.39, 0.29) is 22.5 Å². The molecule has 31 heteroatoms. The summed E-state index contributed by atoms with van der Waals surface area (Å²) in [5, 5.41) is 131. The Morgan fingerprint density at radius 1 is 0.519 bits per heavy atom. The quantitative estimate of drug-likeness (QED) is 0.0225. The molecule has 31 nitrogen and oxygen atoms in total. The zero-order valence-corrected chi connectivity index (χ0v) is 41.5. The van der Waals surface area contributed by atoms with Gasteiger partial charge < -0.3 is 135 Å². The number of aliphatic hydroxyl groups excluding tert-OH is 10. The normalized spacial score (nSPS) is 35.4. The fourth-order valence-electron chi connectivity index (χ4n) is 9.41. The Bertz CT molecular complexity index is 2290. The molecule has 0 bridgehead atoms. The number of aromatic hydroxyl groups is 2. The maximum atomic E-state index is 13.8. The first-order valence-electron chi connectivity index (χ1n) is 24.2. The maximum Gasteiger partial charge on any atom is 0.344 e. The standard InChI is InChI=1S/C46H66N4O27/c1-49-29-21(12-68-46-37(61)34(58)35(59)39(77-46)44(66)73-16-71-41(63)20-8-18(48)4-6-25(20)54)31(55)26(9-51)74-28(29)14-67-11-23-33(57)36(60)45(69-13-22-30(50-2)42(64)75-27(10-52)32(22)56)76-38(23)43(65)72-15-70-40(62)19-7-17(47)3-5-24(19)53/h3-8,21-23,26-39,42,45-46,49-61,64H,9-16,47-48H2,1-2H3/p+2/t21-,22-,23-,26?,27?,28-,29?,30?,31-,32-,33+,34+,35-,36?,37?,38?,39?,42+,45+,46+/m0/s1. The first-order chi connectivity index (χ1) is 36.6. The number of likely N-dealkylation sites (N-methyl/N-ethyl adjacent to an activating group) is 2. The molecule has 0 saturated carbocycles. The van der Waals surface area contributed by atoms with Crippen LogP contribution in [0.1, 0.15) is 20.7 Å². The third kappa shape index (κ3) is 14.3. The molecule has 0 aliphatic carbocycles. The number of hydrogen-bond donors (Lipinski definition) is 16. The minimum absolute atomic E-state index is 0.0989. The van der Waals surface area contributed by atoms with Crippen LogP contribution in [-0.4, -0.2) is 257 Å². The topological polar surface area (TPSA) is 498 Å². The van der Waals surface area contributed by atoms with Crippen LogP contribution in [0.3, 0.4) is 0 Å². The Kier molecular flexibility index (Phi) is 21.8. The van der Waals surface area contributed by atoms with Gasteiger partial charge in [-0.25, -0.2) is 19.2 Å². The first kappa shape index (κ1) is 61.0. The summed E-state index contributed by atoms with van der Waals surface area (Å²) >= 11 is 0. The molecule has 2 aromatic rings. The lowest BCUT2D eigenvalue weighted by Gasteiger charge is -2.44. The van der Waals surface area contributed by atoms with E-state index in [4.69, 9.17) is 63.6 Å². The van der Waals surface area contributed by atoms with Crippen molar-refractivity contribution in [3.63, 3.8) is 0 Å². The number of aliphatic hydroxyl groups is 10. The van der Waals surface area contributed by atoms with Gasteiger partial charge in [-0.05, 0) is 36.4 Å². The largest absolute Gasteiger partial charge is 0.507 e. The molecule has 4 saturated heterocycles. The summed E-state index contributed by atoms with van der Waals surface area (Å²) < 4.78 is 60.1. The summed E-state index contributed by atoms with van der Waals surface area (Å²) in [7, 11) is 3.15. The smallest absolute Gasteiger partial charge is 0.344 e. The van der Waals surface area contributed by atoms with Crippen molar-refractivity contribution >= 4 is 35.3 Å². The van der Waals surface area contributed by atoms with Crippen molar-refractivity contribution in [2.45, 2.75) is 104 Å². The zero-order chi connectivity index (χ0) is 56.4. The van der Waals surface area contributed by atoms with Crippen LogP contribution in [0.5, 0.6) is 11.5 Å². The number of rotatable bonds is 22. The van der Waals surface area contributed by atoms with Crippen LogP contribution in [0.15, 0.2) is 36.4 Å². The number of carbonyl (C=O) groups excluding carboxylic acids is 4. The average molecular weight is 1110 g/mol. The van der Waals surface area contributed by atoms with Crippen LogP contribution in [-0.2, 0) is 61.7 Å². The van der Waals surface area contributed by atoms with Gasteiger partial charge in [-0.3, -0.25) is 0 Å². The van der Waals surface area contributed by atoms with Crippen LogP contribution in [0.4, 0.5) is 11.4 Å². The molecule has 432 valence electrons. The monoisotopic (exact) mass is 1110 g/mol. The van der Waals surface area contributed by atoms with E-state index in [2.05, 4.69) is 0 Å². The van der Waals surface area contributed by atoms with Gasteiger partial charge in [-0.1, -0.05) is 0 Å². The summed E-state index contributed by atoms with van der Waals surface area (Å²) in [4.78, 5) is 51.9. The number of nitrogens with two attached hydrogens (primary N) is 4. The van der Waals surface area contributed by atoms with Gasteiger partial charge in [0.1, 0.15) is 77.4 Å². The Hall–Kier alpha value is -5.24. The molecule has 0 spiro atoms. The molecule has 0 amide bonds. The van der Waals surface area contributed by atoms with Gasteiger partial charge in [0.2, 0.25) is 19.9 Å². The molecule has 0 radical (unpaired) electrons. The highest BCUT2D eigenvalue weighted by atomic mass is 16.7. The molecule has 4 fully saturated rings. The van der Waals surface area contributed by atoms with E-state index in [1.807, 2.05) is 0 Å². The highest BCUT2D eigenvalue weighted by molar-refractivity contribution is 5.94. The Morgan fingerprint density at radius 3 is 1.49 bits per heavy atom. The van der Waals surface area contributed by atoms with Crippen molar-refractivity contribution in [3.05, 3.63) is 47.5 Å². The molecule has 8 unspecified atom stereocenters. The second-order valence-electron chi connectivity index (χ2n) is 18.5. The summed E-state index contributed by atoms with van der Waals surface area (Å²) in [5.41, 5.74) is 10.8. The van der Waals surface area contributed by atoms with Crippen molar-refractivity contribution in [3.8, 4) is 11.5 Å². The fourth-order valence-corrected chi connectivity index (χ4v) is 9.41. The van der Waals surface area contributed by atoms with Crippen molar-refractivity contribution in [1.29, 1.82) is 0 Å². The summed E-state index contributed by atoms with van der Waals surface area (Å²) in [6, 6.07) is 5.40. The number of carbonyl (C=O) groups is 4. The number of nitrogen functional groups attached to an aromatic ring is 2. The number of hydrogen-bond acceptors (Lipinski definition) is 29. The van der Waals surface area contributed by atoms with Gasteiger partial charge in [0.15, 0.2) is 24.8 Å². The SMILES string of the molecule is C[NH2+]C1[C@H](O)OC(CO)[C@@H](O)[C@H]1CO[C@@H]1OC(C(=O)OCOC(=O)c2cc(N)ccc2O)[C@@H](COC[C@@H]2OC(CO)[C@@H](O)[C@@H](CO[C@@H]3OC(C(=O)OCOC(=O)c4cc(N)ccc4O)[C@@H](O)[C@@H](O)C3O)C2[NH2+]C)[C@@H](O)C1O. The third-order valence-corrected chi connectivity index (χ3v) is 13.7. The minimum atomic E-state index is -2.09. The molecule has 20 atom stereocenters. The Morgan fingerprint density at radius 2 is 0.987 bits per heavy atom. The van der Waals surface area contributed by atoms with E-state index < -0.39 is 211 Å². The van der Waals surface area contributed by atoms with E-state index in [1.165, 1.54) is 17.4 Å². The Labute approximate surface area is 437 Å². The van der Waals surface area contributed by atoms with E-state index in [0.717, 1.165) is 24.3 Å². The van der Waals surface area contributed by atoms with Gasteiger partial charge in [-0.2, -0.15) is 0 Å². The van der Waals surface area contributed by atoms with E-state index in [9.17, 15) is 80.5 Å². The second-order valence-corrected chi connectivity index (χ2v) is 18.5. The molecule has 4 heterocycles. The van der Waals surface area contributed by atoms with Gasteiger partial charge in [0.05, 0.1) is 83.9 Å². The third-order valence-electron chi connectivity index (χ3n) is 13.7. The van der Waals surface area contributed by atoms with Crippen LogP contribution in [0.2, 0.25) is 0 Å². The summed E-state index contributed by atoms with van der Waals surface area (Å²) in [6.07, 6.45) is -25.6. The molecule has 77 heavy (non-hydrogen) atoms. The van der Waals surface area contributed by atoms with Gasteiger partial charge in [0.25, 0.3) is 0 Å². The minimum Gasteiger partial charge on any atom is -0.507 e. The lowest BCUT2D eigenvalue weighted by atomic mass is 9.84. The lowest BCUT2D eigenvalue weighted by Crippen LogP contribution is -2.93. The number of phenolic OH excluding ortho intramolecular Hbond substituents is 2. The van der Waals surface area contributed by atoms with Crippen LogP contribution < -0.4 is 22.1 Å². The number of phenols is 2. The highest BCUT2D eigenvalue weighted by Gasteiger charge is 2.54. The van der Waals surface area contributed by atoms with Crippen molar-refractivity contribution in [1.82, 2.24) is 0 Å². The fraction of sp³-hybridized carbons (Fsp3) is 0.652. The van der Waals surface area contributed by atoms with Crippen molar-refractivity contribution in [2.24, 2.45) is 17.8 Å². The van der Waals surface area contributed by atoms with Crippen LogP contribution in [0.25, 0.3) is 0 Å². The van der Waals surface area contributed by atoms with Crippen LogP contribution in [0, 0.1) is 17.8 Å². The molecular weight excluding hydrogens is 1040 g/mol. The lowest BCUT2D eigenvalue weighted by molar-refractivity contribution is -0.694. The van der Waals surface area contributed by atoms with Gasteiger partial charge >= 0.3 is 23.9 Å². The number of quaternary nitrogens is 2. The molecular formula is C46H68N4O27+2. The molecule has 4 aliphatic heterocycles. The average Bonchev–Trinajstić information content (AvgIpc) is 3.41. The van der Waals surface area contributed by atoms with E-state index in [0.29, 0.717) is 0 Å². The number of ether oxygens (including phenoxy) is 11.